The number of amides is 1. The van der Waals surface area contributed by atoms with E-state index < -0.39 is 23.4 Å². The Hall–Kier alpha value is -2.78. The Bertz CT molecular complexity index is 1120. The maximum atomic E-state index is 14.3. The summed E-state index contributed by atoms with van der Waals surface area (Å²) in [4.78, 5) is 21.9. The molecule has 1 fully saturated rings. The molecule has 0 bridgehead atoms. The highest BCUT2D eigenvalue weighted by atomic mass is 35.5. The van der Waals surface area contributed by atoms with E-state index in [4.69, 9.17) is 11.6 Å². The van der Waals surface area contributed by atoms with E-state index in [0.717, 1.165) is 38.1 Å². The van der Waals surface area contributed by atoms with Crippen molar-refractivity contribution in [2.45, 2.75) is 18.9 Å². The minimum absolute atomic E-state index is 0.0614. The molecule has 1 aliphatic heterocycles. The molecule has 1 saturated heterocycles. The maximum absolute atomic E-state index is 14.3. The highest BCUT2D eigenvalue weighted by Crippen LogP contribution is 2.27. The van der Waals surface area contributed by atoms with Gasteiger partial charge in [-0.25, -0.2) is 18.2 Å². The number of likely N-dealkylation sites (tertiary alicyclic amines) is 1. The average Bonchev–Trinajstić information content (AvgIpc) is 3.11. The lowest BCUT2D eigenvalue weighted by molar-refractivity contribution is 0.102. The van der Waals surface area contributed by atoms with Crippen LogP contribution < -0.4 is 10.6 Å². The minimum atomic E-state index is -1.19. The molecule has 1 aromatic heterocycles. The highest BCUT2D eigenvalue weighted by molar-refractivity contribution is 6.31. The number of carbonyl (C=O) groups excluding carboxylic acids is 1. The van der Waals surface area contributed by atoms with Crippen LogP contribution in [0.1, 0.15) is 23.2 Å². The summed E-state index contributed by atoms with van der Waals surface area (Å²) in [5.74, 6) is -3.43. The van der Waals surface area contributed by atoms with Crippen molar-refractivity contribution in [2.75, 3.05) is 30.8 Å². The van der Waals surface area contributed by atoms with Crippen molar-refractivity contribution in [2.24, 2.45) is 0 Å². The lowest BCUT2D eigenvalue weighted by Gasteiger charge is -2.29. The van der Waals surface area contributed by atoms with Gasteiger partial charge in [0.25, 0.3) is 5.91 Å². The first-order valence-electron chi connectivity index (χ1n) is 9.41. The first kappa shape index (κ1) is 20.5. The van der Waals surface area contributed by atoms with E-state index in [1.54, 1.807) is 0 Å². The number of fused-ring (bicyclic) bond motifs is 1. The quantitative estimate of drug-likeness (QED) is 0.566. The van der Waals surface area contributed by atoms with Gasteiger partial charge in [-0.2, -0.15) is 0 Å². The van der Waals surface area contributed by atoms with E-state index in [1.807, 2.05) is 7.05 Å². The Morgan fingerprint density at radius 3 is 2.80 bits per heavy atom. The van der Waals surface area contributed by atoms with Gasteiger partial charge < -0.3 is 20.5 Å². The van der Waals surface area contributed by atoms with Crippen LogP contribution in [-0.2, 0) is 0 Å². The van der Waals surface area contributed by atoms with Crippen LogP contribution in [0.15, 0.2) is 24.3 Å². The fourth-order valence-electron chi connectivity index (χ4n) is 3.60. The third kappa shape index (κ3) is 4.08. The zero-order valence-electron chi connectivity index (χ0n) is 16.0. The molecule has 1 atom stereocenters. The first-order chi connectivity index (χ1) is 14.3. The van der Waals surface area contributed by atoms with Crippen LogP contribution in [0.5, 0.6) is 0 Å². The maximum Gasteiger partial charge on any atom is 0.257 e. The van der Waals surface area contributed by atoms with Gasteiger partial charge in [0.15, 0.2) is 11.6 Å². The molecule has 158 valence electrons. The van der Waals surface area contributed by atoms with Crippen LogP contribution in [-0.4, -0.2) is 47.0 Å². The Morgan fingerprint density at radius 2 is 2.07 bits per heavy atom. The van der Waals surface area contributed by atoms with Gasteiger partial charge in [0, 0.05) is 18.3 Å². The normalized spacial score (nSPS) is 17.3. The zero-order valence-corrected chi connectivity index (χ0v) is 16.8. The van der Waals surface area contributed by atoms with Gasteiger partial charge >= 0.3 is 0 Å². The summed E-state index contributed by atoms with van der Waals surface area (Å²) in [6, 6.07) is 4.53. The second-order valence-electron chi connectivity index (χ2n) is 7.36. The summed E-state index contributed by atoms with van der Waals surface area (Å²) in [6.45, 7) is 1.78. The third-order valence-electron chi connectivity index (χ3n) is 5.05. The van der Waals surface area contributed by atoms with E-state index in [2.05, 4.69) is 25.5 Å². The molecule has 0 radical (unpaired) electrons. The number of imidazole rings is 1. The Morgan fingerprint density at radius 1 is 1.27 bits per heavy atom. The van der Waals surface area contributed by atoms with Crippen LogP contribution in [0, 0.1) is 17.5 Å². The number of likely N-dealkylation sites (N-methyl/N-ethyl adjacent to an activating group) is 1. The number of anilines is 2. The smallest absolute Gasteiger partial charge is 0.257 e. The van der Waals surface area contributed by atoms with Crippen molar-refractivity contribution in [1.29, 1.82) is 0 Å². The number of piperidine rings is 1. The Kier molecular flexibility index (Phi) is 5.57. The second kappa shape index (κ2) is 8.16. The number of carbonyl (C=O) groups is 1. The monoisotopic (exact) mass is 437 g/mol. The molecular formula is C20H19ClF3N5O. The SMILES string of the molecule is CN1CCCC(Nc2nc3c(F)c(F)cc(C(=O)Nc4ccc(F)c(Cl)c4)c3[nH]2)C1. The predicted molar refractivity (Wildman–Crippen MR) is 110 cm³/mol. The van der Waals surface area contributed by atoms with Gasteiger partial charge in [-0.3, -0.25) is 4.79 Å². The predicted octanol–water partition coefficient (Wildman–Crippen LogP) is 4.39. The van der Waals surface area contributed by atoms with Gasteiger partial charge in [0.2, 0.25) is 5.95 Å². The van der Waals surface area contributed by atoms with Crippen LogP contribution in [0.25, 0.3) is 11.0 Å². The number of nitrogens with one attached hydrogen (secondary N) is 3. The van der Waals surface area contributed by atoms with Crippen LogP contribution in [0.3, 0.4) is 0 Å². The Balaban J connectivity index is 1.65. The fourth-order valence-corrected chi connectivity index (χ4v) is 3.78. The molecule has 3 aromatic rings. The molecule has 10 heteroatoms. The highest BCUT2D eigenvalue weighted by Gasteiger charge is 2.23. The summed E-state index contributed by atoms with van der Waals surface area (Å²) in [7, 11) is 2.01. The van der Waals surface area contributed by atoms with Crippen molar-refractivity contribution < 1.29 is 18.0 Å². The topological polar surface area (TPSA) is 73.1 Å². The van der Waals surface area contributed by atoms with E-state index in [1.165, 1.54) is 12.1 Å². The molecule has 4 rings (SSSR count). The number of benzene rings is 2. The molecule has 1 aliphatic rings. The van der Waals surface area contributed by atoms with E-state index in [9.17, 15) is 18.0 Å². The summed E-state index contributed by atoms with van der Waals surface area (Å²) in [5.41, 5.74) is -0.131. The molecule has 30 heavy (non-hydrogen) atoms. The number of hydrogen-bond acceptors (Lipinski definition) is 4. The lowest BCUT2D eigenvalue weighted by atomic mass is 10.1. The molecule has 2 heterocycles. The number of hydrogen-bond donors (Lipinski definition) is 3. The van der Waals surface area contributed by atoms with Crippen molar-refractivity contribution in [3.8, 4) is 0 Å². The average molecular weight is 438 g/mol. The number of H-pyrrole nitrogens is 1. The molecule has 2 aromatic carbocycles. The van der Waals surface area contributed by atoms with Crippen LogP contribution >= 0.6 is 11.6 Å². The van der Waals surface area contributed by atoms with Crippen molar-refractivity contribution in [3.63, 3.8) is 0 Å². The molecule has 3 N–H and O–H groups in total. The number of nitrogens with zero attached hydrogens (tertiary/aromatic N) is 2. The number of halogens is 4. The summed E-state index contributed by atoms with van der Waals surface area (Å²) < 4.78 is 41.8. The van der Waals surface area contributed by atoms with E-state index in [-0.39, 0.29) is 39.3 Å². The summed E-state index contributed by atoms with van der Waals surface area (Å²) in [5, 5.41) is 5.52. The summed E-state index contributed by atoms with van der Waals surface area (Å²) >= 11 is 5.73. The second-order valence-corrected chi connectivity index (χ2v) is 7.76. The number of aromatic nitrogens is 2. The van der Waals surface area contributed by atoms with Crippen LogP contribution in [0.4, 0.5) is 24.8 Å². The van der Waals surface area contributed by atoms with Gasteiger partial charge in [0.1, 0.15) is 11.3 Å². The van der Waals surface area contributed by atoms with Crippen molar-refractivity contribution in [1.82, 2.24) is 14.9 Å². The molecule has 0 spiro atoms. The largest absolute Gasteiger partial charge is 0.352 e. The summed E-state index contributed by atoms with van der Waals surface area (Å²) in [6.07, 6.45) is 1.92. The standard InChI is InChI=1S/C20H19ClF3N5O/c1-29-6-2-3-11(9-29)26-20-27-17-12(8-15(23)16(24)18(17)28-20)19(30)25-10-4-5-14(22)13(21)7-10/h4-5,7-8,11H,2-3,6,9H2,1H3,(H,25,30)(H2,26,27,28). The van der Waals surface area contributed by atoms with Gasteiger partial charge in [-0.05, 0) is 50.7 Å². The van der Waals surface area contributed by atoms with E-state index >= 15 is 0 Å². The molecule has 1 unspecified atom stereocenters. The van der Waals surface area contributed by atoms with Gasteiger partial charge in [0.05, 0.1) is 16.1 Å². The number of aromatic amines is 1. The van der Waals surface area contributed by atoms with Crippen molar-refractivity contribution in [3.05, 3.63) is 52.3 Å². The number of rotatable bonds is 4. The zero-order chi connectivity index (χ0) is 21.4. The molecule has 0 aliphatic carbocycles. The lowest BCUT2D eigenvalue weighted by Crippen LogP contribution is -2.39. The van der Waals surface area contributed by atoms with Gasteiger partial charge in [-0.15, -0.1) is 0 Å². The van der Waals surface area contributed by atoms with Crippen LogP contribution in [0.2, 0.25) is 5.02 Å². The Labute approximate surface area is 175 Å². The molecule has 0 saturated carbocycles. The minimum Gasteiger partial charge on any atom is -0.352 e. The van der Waals surface area contributed by atoms with Gasteiger partial charge in [-0.1, -0.05) is 11.6 Å². The molecule has 1 amide bonds. The fraction of sp³-hybridized carbons (Fsp3) is 0.300. The first-order valence-corrected chi connectivity index (χ1v) is 9.79. The van der Waals surface area contributed by atoms with E-state index in [0.29, 0.717) is 0 Å². The van der Waals surface area contributed by atoms with Crippen molar-refractivity contribution >= 4 is 40.2 Å². The molecule has 6 nitrogen and oxygen atoms in total. The third-order valence-corrected chi connectivity index (χ3v) is 5.34. The molecular weight excluding hydrogens is 419 g/mol.